The Kier molecular flexibility index (Phi) is 14.6. The molecule has 0 spiro atoms. The van der Waals surface area contributed by atoms with Crippen molar-refractivity contribution in [3.63, 3.8) is 0 Å². The zero-order valence-electron chi connectivity index (χ0n) is 27.0. The van der Waals surface area contributed by atoms with E-state index in [1.807, 2.05) is 44.2 Å². The molecule has 9 heteroatoms. The average molecular weight is 623 g/mol. The lowest BCUT2D eigenvalue weighted by Crippen LogP contribution is -2.45. The lowest BCUT2D eigenvalue weighted by atomic mass is 9.88. The molecule has 2 bridgehead atoms. The van der Waals surface area contributed by atoms with Crippen LogP contribution < -0.4 is 10.6 Å². The number of aliphatic hydroxyl groups is 1. The number of aryl methyl sites for hydroxylation is 1. The second-order valence-corrected chi connectivity index (χ2v) is 12.2. The molecule has 1 aliphatic heterocycles. The monoisotopic (exact) mass is 622 g/mol. The summed E-state index contributed by atoms with van der Waals surface area (Å²) in [6.45, 7) is 5.35. The van der Waals surface area contributed by atoms with Crippen molar-refractivity contribution >= 4 is 23.5 Å². The number of nitrogens with one attached hydrogen (secondary N) is 2. The molecule has 9 nitrogen and oxygen atoms in total. The van der Waals surface area contributed by atoms with E-state index in [2.05, 4.69) is 10.6 Å². The van der Waals surface area contributed by atoms with E-state index >= 15 is 0 Å². The first kappa shape index (κ1) is 35.8. The highest BCUT2D eigenvalue weighted by atomic mass is 16.5. The van der Waals surface area contributed by atoms with Crippen LogP contribution in [0.25, 0.3) is 0 Å². The number of carbonyl (C=O) groups excluding carboxylic acids is 3. The van der Waals surface area contributed by atoms with Gasteiger partial charge in [-0.2, -0.15) is 0 Å². The number of phenols is 1. The van der Waals surface area contributed by atoms with Crippen molar-refractivity contribution in [2.45, 2.75) is 103 Å². The Balaban J connectivity index is 1.81. The summed E-state index contributed by atoms with van der Waals surface area (Å²) in [5, 5.41) is 27.1. The van der Waals surface area contributed by atoms with Gasteiger partial charge in [0.25, 0.3) is 0 Å². The molecule has 5 unspecified atom stereocenters. The highest BCUT2D eigenvalue weighted by molar-refractivity contribution is 5.91. The third-order valence-corrected chi connectivity index (χ3v) is 8.49. The van der Waals surface area contributed by atoms with Crippen LogP contribution in [0.1, 0.15) is 77.7 Å². The fourth-order valence-corrected chi connectivity index (χ4v) is 5.72. The molecular weight excluding hydrogens is 572 g/mol. The minimum Gasteiger partial charge on any atom is -0.508 e. The van der Waals surface area contributed by atoms with Crippen molar-refractivity contribution in [3.05, 3.63) is 71.9 Å². The van der Waals surface area contributed by atoms with Crippen molar-refractivity contribution in [1.82, 2.24) is 5.32 Å². The summed E-state index contributed by atoms with van der Waals surface area (Å²) in [5.74, 6) is -1.37. The predicted octanol–water partition coefficient (Wildman–Crippen LogP) is 5.68. The van der Waals surface area contributed by atoms with Crippen molar-refractivity contribution in [3.8, 4) is 5.75 Å². The highest BCUT2D eigenvalue weighted by Gasteiger charge is 2.31. The van der Waals surface area contributed by atoms with Gasteiger partial charge in [0.2, 0.25) is 11.8 Å². The topological polar surface area (TPSA) is 134 Å². The second-order valence-electron chi connectivity index (χ2n) is 12.2. The summed E-state index contributed by atoms with van der Waals surface area (Å²) in [6, 6.07) is 4.14. The maximum absolute atomic E-state index is 13.2. The Morgan fingerprint density at radius 2 is 1.80 bits per heavy atom. The summed E-state index contributed by atoms with van der Waals surface area (Å²) >= 11 is 0. The normalized spacial score (nSPS) is 28.2. The summed E-state index contributed by atoms with van der Waals surface area (Å²) in [7, 11) is 1.54. The quantitative estimate of drug-likeness (QED) is 0.245. The zero-order valence-corrected chi connectivity index (χ0v) is 27.0. The molecule has 1 aliphatic carbocycles. The molecule has 0 saturated heterocycles. The first-order chi connectivity index (χ1) is 21.6. The smallest absolute Gasteiger partial charge is 0.328 e. The molecule has 1 aromatic carbocycles. The van der Waals surface area contributed by atoms with Crippen LogP contribution in [-0.2, 0) is 30.3 Å². The molecule has 45 heavy (non-hydrogen) atoms. The number of ether oxygens (including phenoxy) is 2. The van der Waals surface area contributed by atoms with Gasteiger partial charge < -0.3 is 30.3 Å². The molecule has 1 saturated carbocycles. The number of carbonyl (C=O) groups is 3. The summed E-state index contributed by atoms with van der Waals surface area (Å²) in [5.41, 5.74) is 2.08. The van der Waals surface area contributed by atoms with E-state index in [-0.39, 0.29) is 29.9 Å². The van der Waals surface area contributed by atoms with Crippen LogP contribution in [0.3, 0.4) is 0 Å². The number of benzene rings is 1. The molecule has 1 heterocycles. The fraction of sp³-hybridized carbons (Fsp3) is 0.528. The van der Waals surface area contributed by atoms with E-state index in [1.54, 1.807) is 31.2 Å². The fourth-order valence-electron chi connectivity index (χ4n) is 5.72. The van der Waals surface area contributed by atoms with Crippen LogP contribution in [0.15, 0.2) is 66.3 Å². The van der Waals surface area contributed by atoms with Crippen LogP contribution in [0.4, 0.5) is 5.69 Å². The third kappa shape index (κ3) is 12.0. The zero-order chi connectivity index (χ0) is 32.8. The molecule has 0 radical (unpaired) electrons. The van der Waals surface area contributed by atoms with Gasteiger partial charge in [-0.15, -0.1) is 0 Å². The Morgan fingerprint density at radius 3 is 2.53 bits per heavy atom. The molecule has 1 fully saturated rings. The number of aliphatic hydroxyl groups excluding tert-OH is 1. The van der Waals surface area contributed by atoms with E-state index in [9.17, 15) is 24.6 Å². The molecule has 3 rings (SSSR count). The molecule has 2 amide bonds. The number of methoxy groups -OCH3 is 1. The predicted molar refractivity (Wildman–Crippen MR) is 175 cm³/mol. The number of rotatable bonds is 5. The number of esters is 1. The van der Waals surface area contributed by atoms with E-state index in [4.69, 9.17) is 9.47 Å². The molecule has 2 aliphatic rings. The van der Waals surface area contributed by atoms with Crippen LogP contribution in [0.2, 0.25) is 0 Å². The van der Waals surface area contributed by atoms with Gasteiger partial charge in [0, 0.05) is 30.7 Å². The van der Waals surface area contributed by atoms with Crippen LogP contribution in [0, 0.1) is 11.8 Å². The van der Waals surface area contributed by atoms with Crippen LogP contribution in [0.5, 0.6) is 5.75 Å². The van der Waals surface area contributed by atoms with Crippen LogP contribution >= 0.6 is 0 Å². The lowest BCUT2D eigenvalue weighted by molar-refractivity contribution is -0.155. The molecule has 5 atom stereocenters. The summed E-state index contributed by atoms with van der Waals surface area (Å²) in [4.78, 5) is 38.7. The van der Waals surface area contributed by atoms with Gasteiger partial charge in [-0.05, 0) is 69.2 Å². The first-order valence-corrected chi connectivity index (χ1v) is 16.1. The van der Waals surface area contributed by atoms with Gasteiger partial charge in [0.05, 0.1) is 18.6 Å². The molecule has 1 aromatic rings. The lowest BCUT2D eigenvalue weighted by Gasteiger charge is -2.30. The Labute approximate surface area is 267 Å². The number of allylic oxidation sites excluding steroid dienone is 5. The third-order valence-electron chi connectivity index (χ3n) is 8.49. The van der Waals surface area contributed by atoms with E-state index in [0.29, 0.717) is 24.9 Å². The number of hydrogen-bond acceptors (Lipinski definition) is 7. The number of phenolic OH excluding ortho intramolecular Hbond substituents is 1. The first-order valence-electron chi connectivity index (χ1n) is 16.1. The molecule has 0 aromatic heterocycles. The molecule has 246 valence electrons. The Bertz CT molecular complexity index is 1260. The number of aromatic hydroxyl groups is 1. The maximum Gasteiger partial charge on any atom is 0.328 e. The Morgan fingerprint density at radius 1 is 1.07 bits per heavy atom. The van der Waals surface area contributed by atoms with E-state index in [0.717, 1.165) is 43.2 Å². The number of amides is 2. The van der Waals surface area contributed by atoms with Gasteiger partial charge in [0.1, 0.15) is 17.9 Å². The van der Waals surface area contributed by atoms with Gasteiger partial charge in [-0.25, -0.2) is 4.79 Å². The van der Waals surface area contributed by atoms with Gasteiger partial charge in [-0.3, -0.25) is 9.59 Å². The van der Waals surface area contributed by atoms with E-state index in [1.165, 1.54) is 13.2 Å². The second kappa shape index (κ2) is 18.3. The average Bonchev–Trinajstić information content (AvgIpc) is 3.01. The number of hydrogen-bond donors (Lipinski definition) is 4. The number of fused-ring (bicyclic) bond motifs is 2. The van der Waals surface area contributed by atoms with Crippen LogP contribution in [-0.4, -0.2) is 59.5 Å². The standard InChI is InChI=1S/C36H50N2O7/c1-24-14-13-15-27-20-29(22-30(39)21-27)38-33(41)23-31(44-4)18-11-6-5-7-12-19-32(40)25(2)34(24)45-36(43)26(3)37-35(42)28-16-9-8-10-17-28/h5-7,11-12,14,18,20-22,25-26,28,31-32,34,39-40H,8-10,13,15-17,19,23H2,1-4H3,(H,37,42)(H,38,41)/b6-5+,12-7+,18-11+,24-14-. The minimum atomic E-state index is -0.821. The van der Waals surface area contributed by atoms with Gasteiger partial charge in [-0.1, -0.05) is 68.7 Å². The van der Waals surface area contributed by atoms with Crippen molar-refractivity contribution in [1.29, 1.82) is 0 Å². The van der Waals surface area contributed by atoms with Gasteiger partial charge >= 0.3 is 5.97 Å². The summed E-state index contributed by atoms with van der Waals surface area (Å²) < 4.78 is 11.4. The summed E-state index contributed by atoms with van der Waals surface area (Å²) in [6.07, 6.45) is 17.3. The van der Waals surface area contributed by atoms with Gasteiger partial charge in [0.15, 0.2) is 0 Å². The highest BCUT2D eigenvalue weighted by Crippen LogP contribution is 2.26. The number of anilines is 1. The van der Waals surface area contributed by atoms with Crippen molar-refractivity contribution < 1.29 is 34.1 Å². The largest absolute Gasteiger partial charge is 0.508 e. The SMILES string of the molecule is COC1/C=C/C=C/C=C/CC(O)C(C)C(OC(=O)C(C)NC(=O)C2CCCCC2)/C(C)=C\CCc2cc(O)cc(c2)NC(=O)C1. The molecule has 4 N–H and O–H groups in total. The molecular formula is C36H50N2O7. The van der Waals surface area contributed by atoms with E-state index < -0.39 is 36.2 Å². The minimum absolute atomic E-state index is 0.0375. The van der Waals surface area contributed by atoms with Crippen molar-refractivity contribution in [2.75, 3.05) is 12.4 Å². The Hall–Kier alpha value is -3.69. The van der Waals surface area contributed by atoms with Crippen molar-refractivity contribution in [2.24, 2.45) is 11.8 Å². The maximum atomic E-state index is 13.2.